The highest BCUT2D eigenvalue weighted by Crippen LogP contribution is 2.23. The van der Waals surface area contributed by atoms with Crippen molar-refractivity contribution in [3.8, 4) is 0 Å². The van der Waals surface area contributed by atoms with E-state index >= 15 is 0 Å². The van der Waals surface area contributed by atoms with Crippen molar-refractivity contribution in [3.05, 3.63) is 69.4 Å². The van der Waals surface area contributed by atoms with Crippen LogP contribution in [0.1, 0.15) is 5.56 Å². The van der Waals surface area contributed by atoms with Crippen molar-refractivity contribution in [1.29, 1.82) is 0 Å². The first-order valence-corrected chi connectivity index (χ1v) is 8.71. The first-order chi connectivity index (χ1) is 12.0. The normalized spacial score (nSPS) is 10.5. The van der Waals surface area contributed by atoms with Gasteiger partial charge in [0.05, 0.1) is 16.6 Å². The van der Waals surface area contributed by atoms with Crippen LogP contribution in [0, 0.1) is 0 Å². The topological polar surface area (TPSA) is 54.8 Å². The van der Waals surface area contributed by atoms with E-state index in [-0.39, 0.29) is 0 Å². The lowest BCUT2D eigenvalue weighted by atomic mass is 10.2. The highest BCUT2D eigenvalue weighted by atomic mass is 35.5. The predicted octanol–water partition coefficient (Wildman–Crippen LogP) is 5.10. The quantitative estimate of drug-likeness (QED) is 0.584. The van der Waals surface area contributed by atoms with Crippen LogP contribution < -0.4 is 10.6 Å². The maximum absolute atomic E-state index is 6.02. The molecule has 128 valence electrons. The van der Waals surface area contributed by atoms with Crippen molar-refractivity contribution < 1.29 is 0 Å². The second-order valence-corrected chi connectivity index (χ2v) is 6.76. The maximum atomic E-state index is 6.02. The number of halogens is 3. The van der Waals surface area contributed by atoms with Crippen LogP contribution >= 0.6 is 47.0 Å². The summed E-state index contributed by atoms with van der Waals surface area (Å²) in [6.07, 6.45) is 1.61. The highest BCUT2D eigenvalue weighted by Gasteiger charge is 2.06. The molecule has 2 N–H and O–H groups in total. The molecule has 1 heterocycles. The summed E-state index contributed by atoms with van der Waals surface area (Å²) >= 11 is 23.0. The molecule has 3 rings (SSSR count). The van der Waals surface area contributed by atoms with Crippen molar-refractivity contribution >= 4 is 63.8 Å². The summed E-state index contributed by atoms with van der Waals surface area (Å²) in [6, 6.07) is 12.6. The summed E-state index contributed by atoms with van der Waals surface area (Å²) in [7, 11) is 0. The van der Waals surface area contributed by atoms with Gasteiger partial charge < -0.3 is 5.32 Å². The Morgan fingerprint density at radius 3 is 2.48 bits per heavy atom. The third-order valence-electron chi connectivity index (χ3n) is 3.19. The molecule has 0 aliphatic heterocycles. The van der Waals surface area contributed by atoms with Gasteiger partial charge >= 0.3 is 0 Å². The van der Waals surface area contributed by atoms with E-state index < -0.39 is 0 Å². The average Bonchev–Trinajstić information content (AvgIpc) is 3.00. The fourth-order valence-corrected chi connectivity index (χ4v) is 2.71. The van der Waals surface area contributed by atoms with Crippen LogP contribution in [0.5, 0.6) is 0 Å². The molecule has 0 spiro atoms. The molecule has 0 fully saturated rings. The van der Waals surface area contributed by atoms with Crippen molar-refractivity contribution in [1.82, 2.24) is 14.8 Å². The van der Waals surface area contributed by atoms with Crippen LogP contribution in [0.15, 0.2) is 48.8 Å². The third-order valence-corrected chi connectivity index (χ3v) is 4.39. The molecule has 0 unspecified atom stereocenters. The zero-order valence-electron chi connectivity index (χ0n) is 12.7. The van der Waals surface area contributed by atoms with Gasteiger partial charge in [0.1, 0.15) is 6.33 Å². The molecule has 0 radical (unpaired) electrons. The fourth-order valence-electron chi connectivity index (χ4n) is 2.05. The van der Waals surface area contributed by atoms with Crippen LogP contribution in [0.25, 0.3) is 0 Å². The highest BCUT2D eigenvalue weighted by molar-refractivity contribution is 7.80. The number of rotatable bonds is 4. The lowest BCUT2D eigenvalue weighted by molar-refractivity contribution is 0.687. The van der Waals surface area contributed by atoms with E-state index in [2.05, 4.69) is 20.7 Å². The Morgan fingerprint density at radius 1 is 1.00 bits per heavy atom. The van der Waals surface area contributed by atoms with Crippen LogP contribution in [0.4, 0.5) is 11.6 Å². The molecule has 3 aromatic rings. The number of benzene rings is 2. The summed E-state index contributed by atoms with van der Waals surface area (Å²) in [4.78, 5) is 4.18. The predicted molar refractivity (Wildman–Crippen MR) is 107 cm³/mol. The van der Waals surface area contributed by atoms with E-state index in [1.807, 2.05) is 18.2 Å². The molecule has 0 amide bonds. The summed E-state index contributed by atoms with van der Waals surface area (Å²) in [5, 5.41) is 12.3. The molecule has 25 heavy (non-hydrogen) atoms. The van der Waals surface area contributed by atoms with Crippen molar-refractivity contribution in [2.24, 2.45) is 0 Å². The van der Waals surface area contributed by atoms with Gasteiger partial charge in [-0.05, 0) is 54.2 Å². The Morgan fingerprint density at radius 2 is 1.76 bits per heavy atom. The smallest absolute Gasteiger partial charge is 0.248 e. The van der Waals surface area contributed by atoms with Gasteiger partial charge in [-0.15, -0.1) is 5.10 Å². The van der Waals surface area contributed by atoms with Gasteiger partial charge in [0, 0.05) is 10.7 Å². The zero-order chi connectivity index (χ0) is 17.8. The van der Waals surface area contributed by atoms with E-state index in [0.29, 0.717) is 32.7 Å². The van der Waals surface area contributed by atoms with E-state index in [9.17, 15) is 0 Å². The maximum Gasteiger partial charge on any atom is 0.248 e. The first-order valence-electron chi connectivity index (χ1n) is 7.16. The summed E-state index contributed by atoms with van der Waals surface area (Å²) in [6.45, 7) is 0.517. The summed E-state index contributed by atoms with van der Waals surface area (Å²) in [5.74, 6) is 0.395. The number of hydrogen-bond acceptors (Lipinski definition) is 3. The minimum atomic E-state index is 0.384. The standard InChI is InChI=1S/C16H12Cl3N5S/c17-11-2-4-12(5-3-11)21-16(25)22-15-20-9-24(23-15)8-10-1-6-13(18)14(19)7-10/h1-7,9H,8H2,(H2,21,22,23,25). The number of aromatic nitrogens is 3. The Bertz CT molecular complexity index is 895. The number of thiocarbonyl (C=S) groups is 1. The SMILES string of the molecule is S=C(Nc1ccc(Cl)cc1)Nc1ncn(Cc2ccc(Cl)c(Cl)c2)n1. The third kappa shape index (κ3) is 5.06. The molecule has 2 aromatic carbocycles. The Labute approximate surface area is 164 Å². The van der Waals surface area contributed by atoms with Crippen molar-refractivity contribution in [2.45, 2.75) is 6.54 Å². The van der Waals surface area contributed by atoms with Gasteiger partial charge in [0.2, 0.25) is 5.95 Å². The zero-order valence-corrected chi connectivity index (χ0v) is 15.8. The molecule has 0 atom stereocenters. The van der Waals surface area contributed by atoms with Crippen LogP contribution in [0.2, 0.25) is 15.1 Å². The molecule has 1 aromatic heterocycles. The fraction of sp³-hybridized carbons (Fsp3) is 0.0625. The molecule has 5 nitrogen and oxygen atoms in total. The van der Waals surface area contributed by atoms with Crippen LogP contribution in [0.3, 0.4) is 0 Å². The largest absolute Gasteiger partial charge is 0.332 e. The molecule has 0 bridgehead atoms. The van der Waals surface area contributed by atoms with Gasteiger partial charge in [-0.1, -0.05) is 40.9 Å². The van der Waals surface area contributed by atoms with Gasteiger partial charge in [-0.3, -0.25) is 5.32 Å². The Hall–Kier alpha value is -1.86. The summed E-state index contributed by atoms with van der Waals surface area (Å²) < 4.78 is 1.67. The van der Waals surface area contributed by atoms with Crippen LogP contribution in [-0.4, -0.2) is 19.9 Å². The van der Waals surface area contributed by atoms with Gasteiger partial charge in [0.15, 0.2) is 5.11 Å². The number of hydrogen-bond donors (Lipinski definition) is 2. The second-order valence-electron chi connectivity index (χ2n) is 5.10. The molecule has 9 heteroatoms. The van der Waals surface area contributed by atoms with Crippen LogP contribution in [-0.2, 0) is 6.54 Å². The van der Waals surface area contributed by atoms with Crippen molar-refractivity contribution in [2.75, 3.05) is 10.6 Å². The Kier molecular flexibility index (Phi) is 5.75. The monoisotopic (exact) mass is 411 g/mol. The number of nitrogens with zero attached hydrogens (tertiary/aromatic N) is 3. The minimum absolute atomic E-state index is 0.384. The molecule has 0 aliphatic rings. The van der Waals surface area contributed by atoms with Gasteiger partial charge in [-0.25, -0.2) is 9.67 Å². The van der Waals surface area contributed by atoms with Gasteiger partial charge in [0.25, 0.3) is 0 Å². The lowest BCUT2D eigenvalue weighted by Gasteiger charge is -2.07. The second kappa shape index (κ2) is 8.01. The Balaban J connectivity index is 1.60. The van der Waals surface area contributed by atoms with E-state index in [1.165, 1.54) is 0 Å². The van der Waals surface area contributed by atoms with E-state index in [0.717, 1.165) is 11.3 Å². The first kappa shape index (κ1) is 17.9. The van der Waals surface area contributed by atoms with E-state index in [1.54, 1.807) is 35.3 Å². The molecule has 0 saturated heterocycles. The summed E-state index contributed by atoms with van der Waals surface area (Å²) in [5.41, 5.74) is 1.78. The minimum Gasteiger partial charge on any atom is -0.332 e. The van der Waals surface area contributed by atoms with E-state index in [4.69, 9.17) is 47.0 Å². The number of nitrogens with one attached hydrogen (secondary N) is 2. The molecule has 0 aliphatic carbocycles. The molecular weight excluding hydrogens is 401 g/mol. The molecule has 0 saturated carbocycles. The van der Waals surface area contributed by atoms with Crippen molar-refractivity contribution in [3.63, 3.8) is 0 Å². The lowest BCUT2D eigenvalue weighted by Crippen LogP contribution is -2.20. The molecular formula is C16H12Cl3N5S. The number of anilines is 2. The average molecular weight is 413 g/mol. The van der Waals surface area contributed by atoms with Gasteiger partial charge in [-0.2, -0.15) is 0 Å².